The Balaban J connectivity index is 0.000000210. The van der Waals surface area contributed by atoms with Crippen molar-refractivity contribution in [1.29, 1.82) is 0 Å². The zero-order valence-electron chi connectivity index (χ0n) is 11.1. The molecule has 1 aliphatic heterocycles. The third kappa shape index (κ3) is 3.40. The number of hydrogen-bond acceptors (Lipinski definition) is 3. The van der Waals surface area contributed by atoms with Crippen LogP contribution in [0.3, 0.4) is 0 Å². The summed E-state index contributed by atoms with van der Waals surface area (Å²) < 4.78 is 4.94. The summed E-state index contributed by atoms with van der Waals surface area (Å²) in [5.41, 5.74) is 2.02. The molecule has 2 aromatic heterocycles. The molecule has 0 amide bonds. The second-order valence-electron chi connectivity index (χ2n) is 4.53. The van der Waals surface area contributed by atoms with Crippen LogP contribution in [0.4, 0.5) is 0 Å². The van der Waals surface area contributed by atoms with Crippen molar-refractivity contribution < 1.29 is 25.2 Å². The van der Waals surface area contributed by atoms with Crippen molar-refractivity contribution in [2.24, 2.45) is 0 Å². The van der Waals surface area contributed by atoms with Crippen LogP contribution in [0, 0.1) is 0 Å². The molecule has 0 aliphatic carbocycles. The Morgan fingerprint density at radius 2 is 1.60 bits per heavy atom. The normalized spacial score (nSPS) is 13.6. The molecule has 1 aliphatic rings. The standard InChI is InChI=1S/C12H8N2.C4H8O.Pd/c1-3-9-5-6-11-10(4-2-7-13-11)12(9)14-8-1;1-2-4-5-3-1;/h1-8H;1-4H2;. The van der Waals surface area contributed by atoms with E-state index in [1.807, 2.05) is 24.4 Å². The summed E-state index contributed by atoms with van der Waals surface area (Å²) in [7, 11) is 0. The Bertz CT molecular complexity index is 621. The molecule has 4 heteroatoms. The Morgan fingerprint density at radius 3 is 2.35 bits per heavy atom. The van der Waals surface area contributed by atoms with Gasteiger partial charge in [0.15, 0.2) is 0 Å². The molecule has 0 saturated carbocycles. The van der Waals surface area contributed by atoms with Gasteiger partial charge in [-0.2, -0.15) is 0 Å². The third-order valence-corrected chi connectivity index (χ3v) is 3.18. The van der Waals surface area contributed by atoms with E-state index in [2.05, 4.69) is 28.2 Å². The summed E-state index contributed by atoms with van der Waals surface area (Å²) in [6.07, 6.45) is 6.17. The fourth-order valence-electron chi connectivity index (χ4n) is 2.21. The number of benzene rings is 1. The first kappa shape index (κ1) is 15.1. The molecule has 3 nitrogen and oxygen atoms in total. The fourth-order valence-corrected chi connectivity index (χ4v) is 2.21. The number of hydrogen-bond donors (Lipinski definition) is 0. The van der Waals surface area contributed by atoms with E-state index in [-0.39, 0.29) is 20.4 Å². The van der Waals surface area contributed by atoms with E-state index in [0.717, 1.165) is 35.0 Å². The van der Waals surface area contributed by atoms with Crippen molar-refractivity contribution in [2.45, 2.75) is 12.8 Å². The Kier molecular flexibility index (Phi) is 5.61. The van der Waals surface area contributed by atoms with Gasteiger partial charge in [0.1, 0.15) is 0 Å². The molecule has 1 fully saturated rings. The average molecular weight is 359 g/mol. The van der Waals surface area contributed by atoms with Gasteiger partial charge in [-0.3, -0.25) is 9.97 Å². The van der Waals surface area contributed by atoms with Crippen LogP contribution in [-0.4, -0.2) is 23.2 Å². The molecule has 1 saturated heterocycles. The second kappa shape index (κ2) is 7.45. The van der Waals surface area contributed by atoms with Gasteiger partial charge in [-0.25, -0.2) is 0 Å². The van der Waals surface area contributed by atoms with E-state index in [1.165, 1.54) is 12.8 Å². The van der Waals surface area contributed by atoms with Gasteiger partial charge in [-0.05, 0) is 37.1 Å². The topological polar surface area (TPSA) is 35.0 Å². The zero-order chi connectivity index (χ0) is 12.9. The molecule has 106 valence electrons. The van der Waals surface area contributed by atoms with E-state index in [4.69, 9.17) is 4.74 Å². The smallest absolute Gasteiger partial charge is 0.0795 e. The van der Waals surface area contributed by atoms with E-state index in [9.17, 15) is 0 Å². The van der Waals surface area contributed by atoms with Crippen molar-refractivity contribution in [3.8, 4) is 0 Å². The maximum Gasteiger partial charge on any atom is 0.0795 e. The summed E-state index contributed by atoms with van der Waals surface area (Å²) in [6, 6.07) is 12.1. The van der Waals surface area contributed by atoms with Crippen LogP contribution in [0.5, 0.6) is 0 Å². The third-order valence-electron chi connectivity index (χ3n) is 3.18. The Morgan fingerprint density at radius 1 is 0.850 bits per heavy atom. The van der Waals surface area contributed by atoms with Gasteiger partial charge in [-0.15, -0.1) is 0 Å². The molecule has 4 rings (SSSR count). The van der Waals surface area contributed by atoms with E-state index in [0.29, 0.717) is 0 Å². The first-order chi connectivity index (χ1) is 9.45. The molecule has 20 heavy (non-hydrogen) atoms. The van der Waals surface area contributed by atoms with Crippen molar-refractivity contribution in [2.75, 3.05) is 13.2 Å². The van der Waals surface area contributed by atoms with Crippen LogP contribution in [0.1, 0.15) is 12.8 Å². The van der Waals surface area contributed by atoms with Crippen molar-refractivity contribution >= 4 is 21.8 Å². The van der Waals surface area contributed by atoms with Crippen LogP contribution in [-0.2, 0) is 25.2 Å². The Hall–Kier alpha value is -1.34. The SMILES string of the molecule is C1CCOC1.[Pd].c1cnc2c(c1)ccc1ncccc12. The van der Waals surface area contributed by atoms with Crippen LogP contribution in [0.2, 0.25) is 0 Å². The minimum atomic E-state index is 0. The molecular formula is C16H16N2OPd. The van der Waals surface area contributed by atoms with Gasteiger partial charge in [0, 0.05) is 56.8 Å². The molecule has 0 atom stereocenters. The maximum absolute atomic E-state index is 4.94. The van der Waals surface area contributed by atoms with E-state index < -0.39 is 0 Å². The molecule has 3 heterocycles. The van der Waals surface area contributed by atoms with E-state index in [1.54, 1.807) is 6.20 Å². The van der Waals surface area contributed by atoms with Crippen molar-refractivity contribution in [3.63, 3.8) is 0 Å². The van der Waals surface area contributed by atoms with Gasteiger partial charge >= 0.3 is 0 Å². The van der Waals surface area contributed by atoms with Crippen LogP contribution in [0.25, 0.3) is 21.8 Å². The Labute approximate surface area is 132 Å². The number of aromatic nitrogens is 2. The summed E-state index contributed by atoms with van der Waals surface area (Å²) in [5, 5.41) is 2.28. The number of ether oxygens (including phenoxy) is 1. The van der Waals surface area contributed by atoms with Crippen molar-refractivity contribution in [3.05, 3.63) is 48.8 Å². The van der Waals surface area contributed by atoms with Gasteiger partial charge in [0.25, 0.3) is 0 Å². The van der Waals surface area contributed by atoms with Crippen LogP contribution >= 0.6 is 0 Å². The van der Waals surface area contributed by atoms with Crippen molar-refractivity contribution in [1.82, 2.24) is 9.97 Å². The van der Waals surface area contributed by atoms with Gasteiger partial charge < -0.3 is 4.74 Å². The summed E-state index contributed by atoms with van der Waals surface area (Å²) >= 11 is 0. The van der Waals surface area contributed by atoms with Gasteiger partial charge in [0.05, 0.1) is 11.0 Å². The van der Waals surface area contributed by atoms with E-state index >= 15 is 0 Å². The minimum Gasteiger partial charge on any atom is -0.381 e. The quantitative estimate of drug-likeness (QED) is 0.455. The first-order valence-electron chi connectivity index (χ1n) is 6.61. The second-order valence-corrected chi connectivity index (χ2v) is 4.53. The molecule has 0 radical (unpaired) electrons. The molecule has 0 spiro atoms. The molecule has 0 unspecified atom stereocenters. The number of pyridine rings is 2. The molecular weight excluding hydrogens is 343 g/mol. The summed E-state index contributed by atoms with van der Waals surface area (Å²) in [5.74, 6) is 0. The molecule has 1 aromatic carbocycles. The van der Waals surface area contributed by atoms with Crippen LogP contribution < -0.4 is 0 Å². The zero-order valence-corrected chi connectivity index (χ0v) is 12.6. The van der Waals surface area contributed by atoms with Crippen LogP contribution in [0.15, 0.2) is 48.8 Å². The molecule has 0 N–H and O–H groups in total. The number of rotatable bonds is 0. The summed E-state index contributed by atoms with van der Waals surface area (Å²) in [6.45, 7) is 2.00. The monoisotopic (exact) mass is 358 g/mol. The number of nitrogens with zero attached hydrogens (tertiary/aromatic N) is 2. The summed E-state index contributed by atoms with van der Waals surface area (Å²) in [4.78, 5) is 8.66. The average Bonchev–Trinajstić information content (AvgIpc) is 3.07. The predicted molar refractivity (Wildman–Crippen MR) is 77.1 cm³/mol. The largest absolute Gasteiger partial charge is 0.381 e. The first-order valence-corrected chi connectivity index (χ1v) is 6.61. The molecule has 0 bridgehead atoms. The predicted octanol–water partition coefficient (Wildman–Crippen LogP) is 3.58. The van der Waals surface area contributed by atoms with Gasteiger partial charge in [-0.1, -0.05) is 12.1 Å². The maximum atomic E-state index is 4.94. The fraction of sp³-hybridized carbons (Fsp3) is 0.250. The minimum absolute atomic E-state index is 0. The number of fused-ring (bicyclic) bond motifs is 3. The van der Waals surface area contributed by atoms with Gasteiger partial charge in [0.2, 0.25) is 0 Å². The molecule has 3 aromatic rings.